The number of hydrogen-bond acceptors (Lipinski definition) is 4. The molecule has 1 unspecified atom stereocenters. The molecule has 1 atom stereocenters. The van der Waals surface area contributed by atoms with Crippen molar-refractivity contribution in [1.29, 1.82) is 0 Å². The molecule has 29 heavy (non-hydrogen) atoms. The summed E-state index contributed by atoms with van der Waals surface area (Å²) in [6.45, 7) is 6.84. The summed E-state index contributed by atoms with van der Waals surface area (Å²) < 4.78 is 49.5. The van der Waals surface area contributed by atoms with Gasteiger partial charge in [-0.3, -0.25) is 4.79 Å². The van der Waals surface area contributed by atoms with Gasteiger partial charge in [0.25, 0.3) is 0 Å². The fourth-order valence-corrected chi connectivity index (χ4v) is 3.20. The average molecular weight is 409 g/mol. The van der Waals surface area contributed by atoms with Crippen LogP contribution in [-0.2, 0) is 22.3 Å². The van der Waals surface area contributed by atoms with Gasteiger partial charge in [-0.25, -0.2) is 0 Å². The van der Waals surface area contributed by atoms with Crippen molar-refractivity contribution >= 4 is 5.97 Å². The molecule has 0 aliphatic rings. The number of rotatable bonds is 8. The summed E-state index contributed by atoms with van der Waals surface area (Å²) in [7, 11) is 1.51. The first kappa shape index (κ1) is 22.7. The monoisotopic (exact) mass is 409 g/mol. The maximum absolute atomic E-state index is 13.0. The van der Waals surface area contributed by atoms with E-state index in [-0.39, 0.29) is 12.6 Å². The lowest BCUT2D eigenvalue weighted by molar-refractivity contribution is -0.144. The predicted octanol–water partition coefficient (Wildman–Crippen LogP) is 5.16. The largest absolute Gasteiger partial charge is 0.496 e. The molecule has 4 nitrogen and oxygen atoms in total. The minimum Gasteiger partial charge on any atom is -0.496 e. The van der Waals surface area contributed by atoms with Crippen LogP contribution in [-0.4, -0.2) is 26.2 Å². The van der Waals surface area contributed by atoms with E-state index in [1.807, 2.05) is 6.92 Å². The summed E-state index contributed by atoms with van der Waals surface area (Å²) in [4.78, 5) is 12.3. The normalized spacial score (nSPS) is 12.5. The lowest BCUT2D eigenvalue weighted by atomic mass is 9.88. The molecule has 0 fully saturated rings. The van der Waals surface area contributed by atoms with E-state index in [2.05, 4.69) is 5.32 Å². The van der Waals surface area contributed by atoms with E-state index < -0.39 is 17.7 Å². The summed E-state index contributed by atoms with van der Waals surface area (Å²) in [5.74, 6) is -0.353. The van der Waals surface area contributed by atoms with Crippen molar-refractivity contribution in [3.05, 3.63) is 53.1 Å². The molecule has 2 aromatic carbocycles. The number of carbonyl (C=O) groups is 1. The van der Waals surface area contributed by atoms with E-state index in [0.717, 1.165) is 23.3 Å². The summed E-state index contributed by atoms with van der Waals surface area (Å²) >= 11 is 0. The van der Waals surface area contributed by atoms with Crippen LogP contribution in [0.2, 0.25) is 0 Å². The number of methoxy groups -OCH3 is 1. The minimum atomic E-state index is -4.41. The molecule has 2 rings (SSSR count). The first-order valence-electron chi connectivity index (χ1n) is 9.49. The smallest absolute Gasteiger partial charge is 0.416 e. The maximum Gasteiger partial charge on any atom is 0.416 e. The zero-order chi connectivity index (χ0) is 21.6. The third-order valence-corrected chi connectivity index (χ3v) is 4.69. The van der Waals surface area contributed by atoms with E-state index >= 15 is 0 Å². The number of halogens is 3. The van der Waals surface area contributed by atoms with Crippen molar-refractivity contribution in [2.45, 2.75) is 39.4 Å². The number of carbonyl (C=O) groups excluding carboxylic acids is 1. The lowest BCUT2D eigenvalue weighted by Crippen LogP contribution is -2.19. The highest BCUT2D eigenvalue weighted by molar-refractivity contribution is 5.82. The first-order valence-corrected chi connectivity index (χ1v) is 9.49. The van der Waals surface area contributed by atoms with Gasteiger partial charge >= 0.3 is 12.1 Å². The second-order valence-electron chi connectivity index (χ2n) is 6.54. The van der Waals surface area contributed by atoms with E-state index in [4.69, 9.17) is 9.47 Å². The highest BCUT2D eigenvalue weighted by atomic mass is 19.4. The quantitative estimate of drug-likeness (QED) is 0.612. The van der Waals surface area contributed by atoms with Crippen molar-refractivity contribution in [1.82, 2.24) is 5.32 Å². The molecule has 0 radical (unpaired) electrons. The Morgan fingerprint density at radius 1 is 1.10 bits per heavy atom. The van der Waals surface area contributed by atoms with Gasteiger partial charge in [-0.15, -0.1) is 0 Å². The highest BCUT2D eigenvalue weighted by Gasteiger charge is 2.30. The Morgan fingerprint density at radius 3 is 2.28 bits per heavy atom. The molecule has 0 aliphatic heterocycles. The van der Waals surface area contributed by atoms with Crippen LogP contribution in [0, 0.1) is 0 Å². The van der Waals surface area contributed by atoms with Gasteiger partial charge in [-0.1, -0.05) is 25.1 Å². The van der Waals surface area contributed by atoms with Crippen LogP contribution in [0.1, 0.15) is 43.4 Å². The number of benzene rings is 2. The van der Waals surface area contributed by atoms with Crippen LogP contribution in [0.4, 0.5) is 13.2 Å². The molecule has 158 valence electrons. The molecule has 0 saturated heterocycles. The van der Waals surface area contributed by atoms with E-state index in [1.54, 1.807) is 26.0 Å². The Morgan fingerprint density at radius 2 is 1.76 bits per heavy atom. The zero-order valence-corrected chi connectivity index (χ0v) is 17.0. The second-order valence-corrected chi connectivity index (χ2v) is 6.54. The minimum absolute atomic E-state index is 0.271. The van der Waals surface area contributed by atoms with Crippen molar-refractivity contribution in [3.63, 3.8) is 0 Å². The second kappa shape index (κ2) is 9.78. The summed E-state index contributed by atoms with van der Waals surface area (Å²) in [6.07, 6.45) is -4.41. The maximum atomic E-state index is 13.0. The van der Waals surface area contributed by atoms with Crippen LogP contribution >= 0.6 is 0 Å². The third kappa shape index (κ3) is 5.29. The van der Waals surface area contributed by atoms with Crippen LogP contribution in [0.25, 0.3) is 11.1 Å². The number of alkyl halides is 3. The van der Waals surface area contributed by atoms with Crippen molar-refractivity contribution in [2.75, 3.05) is 20.3 Å². The molecule has 7 heteroatoms. The van der Waals surface area contributed by atoms with Crippen LogP contribution < -0.4 is 10.1 Å². The van der Waals surface area contributed by atoms with Gasteiger partial charge in [0.2, 0.25) is 0 Å². The van der Waals surface area contributed by atoms with Gasteiger partial charge in [0.1, 0.15) is 5.75 Å². The number of ether oxygens (including phenoxy) is 2. The van der Waals surface area contributed by atoms with Gasteiger partial charge in [0.15, 0.2) is 0 Å². The summed E-state index contributed by atoms with van der Waals surface area (Å²) in [5.41, 5.74) is 2.08. The van der Waals surface area contributed by atoms with Crippen LogP contribution in [0.15, 0.2) is 36.4 Å². The number of hydrogen-bond donors (Lipinski definition) is 1. The number of esters is 1. The van der Waals surface area contributed by atoms with Gasteiger partial charge in [0.05, 0.1) is 25.2 Å². The fourth-order valence-electron chi connectivity index (χ4n) is 3.20. The molecular formula is C22H26F3NO3. The Balaban J connectivity index is 2.64. The lowest BCUT2D eigenvalue weighted by Gasteiger charge is -2.22. The Hall–Kier alpha value is -2.54. The SMILES string of the molecule is CCNCc1c(C(C)C(=O)OCC)ccc(OC)c1-c1ccc(C(F)(F)F)cc1. The van der Waals surface area contributed by atoms with Gasteiger partial charge < -0.3 is 14.8 Å². The van der Waals surface area contributed by atoms with Crippen molar-refractivity contribution < 1.29 is 27.4 Å². The first-order chi connectivity index (χ1) is 13.7. The van der Waals surface area contributed by atoms with Crippen molar-refractivity contribution in [3.8, 4) is 16.9 Å². The van der Waals surface area contributed by atoms with E-state index in [9.17, 15) is 18.0 Å². The standard InChI is InChI=1S/C22H26F3NO3/c1-5-26-13-18-17(14(3)21(27)29-6-2)11-12-19(28-4)20(18)15-7-9-16(10-8-15)22(23,24)25/h7-12,14,26H,5-6,13H2,1-4H3. The van der Waals surface area contributed by atoms with Gasteiger partial charge in [-0.2, -0.15) is 13.2 Å². The summed E-state index contributed by atoms with van der Waals surface area (Å²) in [5, 5.41) is 3.24. The molecule has 0 spiro atoms. The predicted molar refractivity (Wildman–Crippen MR) is 106 cm³/mol. The van der Waals surface area contributed by atoms with E-state index in [0.29, 0.717) is 30.0 Å². The Bertz CT molecular complexity index is 832. The van der Waals surface area contributed by atoms with Gasteiger partial charge in [0, 0.05) is 12.1 Å². The Labute approximate surface area is 169 Å². The van der Waals surface area contributed by atoms with Gasteiger partial charge in [-0.05, 0) is 55.3 Å². The fraction of sp³-hybridized carbons (Fsp3) is 0.409. The highest BCUT2D eigenvalue weighted by Crippen LogP contribution is 2.39. The molecule has 0 aliphatic carbocycles. The molecule has 0 bridgehead atoms. The zero-order valence-electron chi connectivity index (χ0n) is 17.0. The molecule has 0 heterocycles. The van der Waals surface area contributed by atoms with Crippen molar-refractivity contribution in [2.24, 2.45) is 0 Å². The average Bonchev–Trinajstić information content (AvgIpc) is 2.70. The topological polar surface area (TPSA) is 47.6 Å². The van der Waals surface area contributed by atoms with Crippen LogP contribution in [0.5, 0.6) is 5.75 Å². The number of nitrogens with one attached hydrogen (secondary N) is 1. The molecule has 2 aromatic rings. The molecule has 0 amide bonds. The third-order valence-electron chi connectivity index (χ3n) is 4.69. The van der Waals surface area contributed by atoms with Crippen LogP contribution in [0.3, 0.4) is 0 Å². The molecule has 0 saturated carbocycles. The molecule has 1 N–H and O–H groups in total. The molecular weight excluding hydrogens is 383 g/mol. The summed E-state index contributed by atoms with van der Waals surface area (Å²) in [6, 6.07) is 8.48. The Kier molecular flexibility index (Phi) is 7.67. The molecule has 0 aromatic heterocycles. The van der Waals surface area contributed by atoms with E-state index in [1.165, 1.54) is 19.2 Å².